The molecule has 0 aromatic rings. The van der Waals surface area contributed by atoms with Crippen LogP contribution in [0.1, 0.15) is 40.5 Å². The van der Waals surface area contributed by atoms with Crippen molar-refractivity contribution in [3.63, 3.8) is 0 Å². The first-order valence-electron chi connectivity index (χ1n) is 15.1. The molecule has 1 aliphatic carbocycles. The van der Waals surface area contributed by atoms with Crippen molar-refractivity contribution < 1.29 is 43.0 Å². The molecule has 0 aromatic carbocycles. The Morgan fingerprint density at radius 1 is 1.13 bits per heavy atom. The summed E-state index contributed by atoms with van der Waals surface area (Å²) in [6, 6.07) is 0. The van der Waals surface area contributed by atoms with Gasteiger partial charge >= 0.3 is 6.09 Å². The summed E-state index contributed by atoms with van der Waals surface area (Å²) >= 11 is 0. The molecule has 1 heterocycles. The number of primary amides is 1. The van der Waals surface area contributed by atoms with Crippen molar-refractivity contribution in [3.05, 3.63) is 58.5 Å². The zero-order valence-electron chi connectivity index (χ0n) is 28.0. The van der Waals surface area contributed by atoms with Crippen molar-refractivity contribution in [3.8, 4) is 0 Å². The number of ether oxygens (including phenoxy) is 3. The molecule has 0 unspecified atom stereocenters. The van der Waals surface area contributed by atoms with Gasteiger partial charge in [-0.15, -0.1) is 0 Å². The maximum absolute atomic E-state index is 13.8. The van der Waals surface area contributed by atoms with Gasteiger partial charge in [-0.25, -0.2) is 4.79 Å². The van der Waals surface area contributed by atoms with E-state index in [-0.39, 0.29) is 34.9 Å². The summed E-state index contributed by atoms with van der Waals surface area (Å²) in [5.74, 6) is -2.05. The lowest BCUT2D eigenvalue weighted by atomic mass is 9.85. The molecule has 0 saturated heterocycles. The number of fused-ring (bicyclic) bond motifs is 2. The number of hydrogen-bond donors (Lipinski definition) is 4. The van der Waals surface area contributed by atoms with E-state index < -0.39 is 53.9 Å². The predicted molar refractivity (Wildman–Crippen MR) is 170 cm³/mol. The Morgan fingerprint density at radius 2 is 1.80 bits per heavy atom. The Kier molecular flexibility index (Phi) is 13.9. The first-order chi connectivity index (χ1) is 21.0. The number of aliphatic hydroxyl groups is 1. The number of amides is 2. The number of carbonyl (C=O) groups is 4. The van der Waals surface area contributed by atoms with Gasteiger partial charge in [0.05, 0.1) is 57.8 Å². The second-order valence-electron chi connectivity index (χ2n) is 12.9. The Labute approximate surface area is 266 Å². The molecule has 5 N–H and O–H groups in total. The molecule has 0 spiro atoms. The summed E-state index contributed by atoms with van der Waals surface area (Å²) < 4.78 is 17.3. The fourth-order valence-electron chi connectivity index (χ4n) is 5.29. The van der Waals surface area contributed by atoms with Crippen LogP contribution in [0.3, 0.4) is 0 Å². The first kappa shape index (κ1) is 37.6. The number of nitrogens with one attached hydrogen (secondary N) is 2. The molecule has 45 heavy (non-hydrogen) atoms. The number of rotatable bonds is 7. The maximum atomic E-state index is 13.8. The zero-order chi connectivity index (χ0) is 34.1. The molecule has 12 heteroatoms. The highest BCUT2D eigenvalue weighted by atomic mass is 16.6. The molecule has 2 amide bonds. The van der Waals surface area contributed by atoms with Crippen LogP contribution >= 0.6 is 0 Å². The average Bonchev–Trinajstić information content (AvgIpc) is 2.95. The Morgan fingerprint density at radius 3 is 2.38 bits per heavy atom. The van der Waals surface area contributed by atoms with E-state index in [4.69, 9.17) is 19.9 Å². The summed E-state index contributed by atoms with van der Waals surface area (Å²) in [5, 5.41) is 17.1. The van der Waals surface area contributed by atoms with Crippen LogP contribution in [-0.2, 0) is 28.6 Å². The lowest BCUT2D eigenvalue weighted by Gasteiger charge is -2.30. The molecule has 1 aliphatic heterocycles. The predicted octanol–water partition coefficient (Wildman–Crippen LogP) is 2.06. The van der Waals surface area contributed by atoms with Crippen LogP contribution in [0.2, 0.25) is 0 Å². The highest BCUT2D eigenvalue weighted by molar-refractivity contribution is 6.23. The van der Waals surface area contributed by atoms with Gasteiger partial charge < -0.3 is 40.2 Å². The van der Waals surface area contributed by atoms with Crippen molar-refractivity contribution in [2.45, 2.75) is 65.0 Å². The third kappa shape index (κ3) is 11.1. The average molecular weight is 632 g/mol. The lowest BCUT2D eigenvalue weighted by molar-refractivity contribution is -0.869. The monoisotopic (exact) mass is 631 g/mol. The number of Topliss-reactive ketones (excluding diaryl/α,β-unsaturated/α-hetero) is 1. The Balaban J connectivity index is 2.60. The second kappa shape index (κ2) is 16.6. The van der Waals surface area contributed by atoms with Crippen LogP contribution in [0.25, 0.3) is 0 Å². The minimum atomic E-state index is -0.997. The van der Waals surface area contributed by atoms with E-state index in [1.807, 2.05) is 35.0 Å². The summed E-state index contributed by atoms with van der Waals surface area (Å²) in [5.41, 5.74) is 6.59. The van der Waals surface area contributed by atoms with Crippen LogP contribution in [0.15, 0.2) is 58.5 Å². The smallest absolute Gasteiger partial charge is 0.405 e. The van der Waals surface area contributed by atoms with Crippen LogP contribution in [0.4, 0.5) is 4.79 Å². The summed E-state index contributed by atoms with van der Waals surface area (Å²) in [6.45, 7) is 8.20. The van der Waals surface area contributed by atoms with E-state index in [1.54, 1.807) is 32.1 Å². The number of nitrogens with zero attached hydrogens (tertiary/aromatic N) is 1. The third-order valence-electron chi connectivity index (χ3n) is 7.88. The van der Waals surface area contributed by atoms with Gasteiger partial charge in [-0.3, -0.25) is 14.4 Å². The number of allylic oxidation sites excluding steroid dienone is 4. The van der Waals surface area contributed by atoms with E-state index >= 15 is 0 Å². The second-order valence-corrected chi connectivity index (χ2v) is 12.9. The minimum absolute atomic E-state index is 0.111. The number of hydrogen-bond acceptors (Lipinski definition) is 9. The van der Waals surface area contributed by atoms with Gasteiger partial charge in [-0.05, 0) is 38.2 Å². The molecule has 2 rings (SSSR count). The number of carbonyl (C=O) groups excluding carboxylic acids is 4. The number of likely N-dealkylation sites (N-methyl/N-ethyl adjacent to an activating group) is 1. The molecule has 0 fully saturated rings. The number of aliphatic hydroxyl groups excluding tert-OH is 1. The van der Waals surface area contributed by atoms with Gasteiger partial charge in [0, 0.05) is 37.4 Å². The topological polar surface area (TPSA) is 166 Å². The standard InChI is InChI=1S/C33H50N4O8/c1-19-15-23-28(35-13-14-37(5,6)7)25(38)18-24(30(23)40)36-32(41)20(2)11-10-12-26(43-8)31(45-33(34)42)22(4)17-21(3)29(39)27(16-19)44-9/h10-12,17-19,21,26-27,29,31,39H,13-16H2,1-9H3,(H3-,34,35,36,38,40,41,42)/p+1/b12-10-,20-11+,22-17+/t19-,21+,26+,27+,29-,31+/m1/s1. The highest BCUT2D eigenvalue weighted by Gasteiger charge is 2.33. The fourth-order valence-corrected chi connectivity index (χ4v) is 5.29. The van der Waals surface area contributed by atoms with Crippen molar-refractivity contribution in [2.75, 3.05) is 48.5 Å². The normalized spacial score (nSPS) is 30.8. The van der Waals surface area contributed by atoms with Crippen LogP contribution in [0, 0.1) is 11.8 Å². The number of ketones is 2. The van der Waals surface area contributed by atoms with Crippen LogP contribution in [0.5, 0.6) is 0 Å². The molecule has 0 radical (unpaired) electrons. The van der Waals surface area contributed by atoms with Gasteiger partial charge in [-0.2, -0.15) is 0 Å². The SMILES string of the molecule is CO[C@H]1/C=C\C=C(/C)C(=O)NC2=CC(=O)C(NCC[N+](C)(C)C)=C(C[C@@H](C)C[C@H](OC)[C@H](O)[C@@H](C)/C=C(\C)[C@@H]1OC(N)=O)C2=O. The first-order valence-corrected chi connectivity index (χ1v) is 15.1. The number of nitrogens with two attached hydrogens (primary N) is 1. The molecule has 2 aliphatic rings. The molecule has 250 valence electrons. The van der Waals surface area contributed by atoms with E-state index in [2.05, 4.69) is 10.6 Å². The van der Waals surface area contributed by atoms with E-state index in [0.717, 1.165) is 6.08 Å². The van der Waals surface area contributed by atoms with Gasteiger partial charge in [0.25, 0.3) is 5.91 Å². The van der Waals surface area contributed by atoms with E-state index in [1.165, 1.54) is 20.3 Å². The summed E-state index contributed by atoms with van der Waals surface area (Å²) in [6.07, 6.45) is 3.91. The zero-order valence-corrected chi connectivity index (χ0v) is 28.0. The molecular weight excluding hydrogens is 580 g/mol. The molecular formula is C33H51N4O8+. The maximum Gasteiger partial charge on any atom is 0.405 e. The molecule has 6 atom stereocenters. The number of methoxy groups -OCH3 is 2. The highest BCUT2D eigenvalue weighted by Crippen LogP contribution is 2.29. The summed E-state index contributed by atoms with van der Waals surface area (Å²) in [4.78, 5) is 51.9. The van der Waals surface area contributed by atoms with Gasteiger partial charge in [-0.1, -0.05) is 38.2 Å². The van der Waals surface area contributed by atoms with Gasteiger partial charge in [0.1, 0.15) is 6.10 Å². The Bertz CT molecular complexity index is 1270. The molecule has 12 nitrogen and oxygen atoms in total. The van der Waals surface area contributed by atoms with Crippen LogP contribution in [-0.4, -0.2) is 106 Å². The fraction of sp³-hybridized carbons (Fsp3) is 0.576. The molecule has 0 saturated carbocycles. The van der Waals surface area contributed by atoms with Crippen molar-refractivity contribution in [1.82, 2.24) is 10.6 Å². The van der Waals surface area contributed by atoms with E-state index in [0.29, 0.717) is 29.6 Å². The van der Waals surface area contributed by atoms with Gasteiger partial charge in [0.2, 0.25) is 11.6 Å². The largest absolute Gasteiger partial charge is 0.439 e. The molecule has 2 bridgehead atoms. The minimum Gasteiger partial charge on any atom is -0.439 e. The molecule has 0 aromatic heterocycles. The third-order valence-corrected chi connectivity index (χ3v) is 7.88. The summed E-state index contributed by atoms with van der Waals surface area (Å²) in [7, 11) is 9.03. The number of quaternary nitrogens is 1. The lowest BCUT2D eigenvalue weighted by Crippen LogP contribution is -2.42. The van der Waals surface area contributed by atoms with Crippen molar-refractivity contribution >= 4 is 23.6 Å². The van der Waals surface area contributed by atoms with Gasteiger partial charge in [0.15, 0.2) is 6.10 Å². The van der Waals surface area contributed by atoms with Crippen LogP contribution < -0.4 is 16.4 Å². The van der Waals surface area contributed by atoms with Crippen molar-refractivity contribution in [2.24, 2.45) is 17.6 Å². The van der Waals surface area contributed by atoms with E-state index in [9.17, 15) is 24.3 Å². The van der Waals surface area contributed by atoms with Crippen molar-refractivity contribution in [1.29, 1.82) is 0 Å². The quantitative estimate of drug-likeness (QED) is 0.187. The Hall–Kier alpha value is -3.58.